The summed E-state index contributed by atoms with van der Waals surface area (Å²) in [6.45, 7) is 14.1. The van der Waals surface area contributed by atoms with E-state index in [0.29, 0.717) is 0 Å². The molecule has 17 heavy (non-hydrogen) atoms. The van der Waals surface area contributed by atoms with Gasteiger partial charge in [-0.15, -0.1) is 0 Å². The zero-order valence-corrected chi connectivity index (χ0v) is 12.3. The third kappa shape index (κ3) is 5.87. The maximum Gasteiger partial charge on any atom is 0.0107 e. The van der Waals surface area contributed by atoms with E-state index in [1.807, 2.05) is 0 Å². The number of likely N-dealkylation sites (N-methyl/N-ethyl adjacent to an activating group) is 1. The van der Waals surface area contributed by atoms with Crippen LogP contribution in [-0.2, 0) is 0 Å². The minimum atomic E-state index is 0.779. The molecule has 0 bridgehead atoms. The molecule has 1 N–H and O–H groups in total. The molecule has 0 aliphatic heterocycles. The third-order valence-corrected chi connectivity index (χ3v) is 4.02. The van der Waals surface area contributed by atoms with E-state index in [4.69, 9.17) is 0 Å². The Balaban J connectivity index is 2.16. The van der Waals surface area contributed by atoms with Crippen LogP contribution in [0.4, 0.5) is 0 Å². The minimum Gasteiger partial charge on any atom is -0.312 e. The molecule has 0 aromatic carbocycles. The standard InChI is InChI=1S/C15H32N2/c1-5-17(12-13(2)3)11-10-16-15-9-7-6-8-14(15)4/h13-16H,5-12H2,1-4H3. The molecule has 0 radical (unpaired) electrons. The van der Waals surface area contributed by atoms with Crippen molar-refractivity contribution in [3.63, 3.8) is 0 Å². The van der Waals surface area contributed by atoms with Crippen LogP contribution in [-0.4, -0.2) is 37.1 Å². The van der Waals surface area contributed by atoms with Crippen molar-refractivity contribution in [2.24, 2.45) is 11.8 Å². The van der Waals surface area contributed by atoms with Gasteiger partial charge in [-0.3, -0.25) is 0 Å². The first-order chi connectivity index (χ1) is 8.13. The number of hydrogen-bond donors (Lipinski definition) is 1. The van der Waals surface area contributed by atoms with E-state index in [1.54, 1.807) is 0 Å². The van der Waals surface area contributed by atoms with Crippen LogP contribution < -0.4 is 5.32 Å². The fourth-order valence-corrected chi connectivity index (χ4v) is 2.92. The fourth-order valence-electron chi connectivity index (χ4n) is 2.92. The highest BCUT2D eigenvalue weighted by Gasteiger charge is 2.20. The zero-order chi connectivity index (χ0) is 12.7. The molecule has 2 nitrogen and oxygen atoms in total. The first-order valence-electron chi connectivity index (χ1n) is 7.59. The highest BCUT2D eigenvalue weighted by atomic mass is 15.1. The normalized spacial score (nSPS) is 25.8. The SMILES string of the molecule is CCN(CCNC1CCCCC1C)CC(C)C. The third-order valence-electron chi connectivity index (χ3n) is 4.02. The van der Waals surface area contributed by atoms with E-state index in [1.165, 1.54) is 45.3 Å². The van der Waals surface area contributed by atoms with Crippen molar-refractivity contribution in [1.29, 1.82) is 0 Å². The molecule has 0 heterocycles. The monoisotopic (exact) mass is 240 g/mol. The van der Waals surface area contributed by atoms with Gasteiger partial charge < -0.3 is 10.2 Å². The number of hydrogen-bond acceptors (Lipinski definition) is 2. The first-order valence-corrected chi connectivity index (χ1v) is 7.59. The fraction of sp³-hybridized carbons (Fsp3) is 1.00. The molecular formula is C15H32N2. The second-order valence-electron chi connectivity index (χ2n) is 6.11. The molecule has 0 spiro atoms. The lowest BCUT2D eigenvalue weighted by Gasteiger charge is -2.31. The van der Waals surface area contributed by atoms with Crippen molar-refractivity contribution in [2.75, 3.05) is 26.2 Å². The van der Waals surface area contributed by atoms with Crippen LogP contribution in [0.1, 0.15) is 53.4 Å². The summed E-state index contributed by atoms with van der Waals surface area (Å²) in [6.07, 6.45) is 5.66. The molecule has 0 amide bonds. The van der Waals surface area contributed by atoms with E-state index in [-0.39, 0.29) is 0 Å². The molecule has 2 atom stereocenters. The molecule has 102 valence electrons. The summed E-state index contributed by atoms with van der Waals surface area (Å²) in [5.41, 5.74) is 0. The summed E-state index contributed by atoms with van der Waals surface area (Å²) in [5.74, 6) is 1.66. The molecule has 1 aliphatic rings. The van der Waals surface area contributed by atoms with Gasteiger partial charge >= 0.3 is 0 Å². The van der Waals surface area contributed by atoms with Crippen LogP contribution in [0.2, 0.25) is 0 Å². The van der Waals surface area contributed by atoms with Crippen molar-refractivity contribution in [3.05, 3.63) is 0 Å². The van der Waals surface area contributed by atoms with Gasteiger partial charge in [0.2, 0.25) is 0 Å². The first kappa shape index (κ1) is 15.0. The summed E-state index contributed by atoms with van der Waals surface area (Å²) in [7, 11) is 0. The maximum absolute atomic E-state index is 3.77. The number of rotatable bonds is 7. The van der Waals surface area contributed by atoms with Crippen LogP contribution in [0.5, 0.6) is 0 Å². The molecule has 2 unspecified atom stereocenters. The van der Waals surface area contributed by atoms with Crippen molar-refractivity contribution < 1.29 is 0 Å². The number of nitrogens with zero attached hydrogens (tertiary/aromatic N) is 1. The molecule has 1 fully saturated rings. The smallest absolute Gasteiger partial charge is 0.0107 e. The van der Waals surface area contributed by atoms with Gasteiger partial charge in [-0.2, -0.15) is 0 Å². The van der Waals surface area contributed by atoms with Crippen LogP contribution in [0.3, 0.4) is 0 Å². The summed E-state index contributed by atoms with van der Waals surface area (Å²) >= 11 is 0. The maximum atomic E-state index is 3.77. The van der Waals surface area contributed by atoms with Crippen LogP contribution in [0.25, 0.3) is 0 Å². The molecule has 0 aromatic rings. The lowest BCUT2D eigenvalue weighted by molar-refractivity contribution is 0.231. The molecule has 0 saturated heterocycles. The molecule has 2 heteroatoms. The largest absolute Gasteiger partial charge is 0.312 e. The van der Waals surface area contributed by atoms with Gasteiger partial charge in [0.1, 0.15) is 0 Å². The van der Waals surface area contributed by atoms with Crippen molar-refractivity contribution in [3.8, 4) is 0 Å². The summed E-state index contributed by atoms with van der Waals surface area (Å²) in [6, 6.07) is 0.779. The molecule has 1 rings (SSSR count). The lowest BCUT2D eigenvalue weighted by atomic mass is 9.86. The molecule has 1 saturated carbocycles. The van der Waals surface area contributed by atoms with Crippen LogP contribution in [0, 0.1) is 11.8 Å². The Morgan fingerprint density at radius 1 is 1.24 bits per heavy atom. The Morgan fingerprint density at radius 2 is 1.94 bits per heavy atom. The highest BCUT2D eigenvalue weighted by molar-refractivity contribution is 4.78. The van der Waals surface area contributed by atoms with Gasteiger partial charge in [-0.05, 0) is 31.2 Å². The van der Waals surface area contributed by atoms with Gasteiger partial charge in [0, 0.05) is 25.7 Å². The number of nitrogens with one attached hydrogen (secondary N) is 1. The Kier molecular flexibility index (Phi) is 7.14. The van der Waals surface area contributed by atoms with E-state index in [9.17, 15) is 0 Å². The summed E-state index contributed by atoms with van der Waals surface area (Å²) < 4.78 is 0. The van der Waals surface area contributed by atoms with Gasteiger partial charge in [0.15, 0.2) is 0 Å². The van der Waals surface area contributed by atoms with E-state index in [0.717, 1.165) is 24.4 Å². The van der Waals surface area contributed by atoms with E-state index in [2.05, 4.69) is 37.9 Å². The molecule has 1 aliphatic carbocycles. The summed E-state index contributed by atoms with van der Waals surface area (Å²) in [5, 5.41) is 3.77. The lowest BCUT2D eigenvalue weighted by Crippen LogP contribution is -2.42. The van der Waals surface area contributed by atoms with Gasteiger partial charge in [-0.25, -0.2) is 0 Å². The quantitative estimate of drug-likeness (QED) is 0.735. The van der Waals surface area contributed by atoms with Crippen molar-refractivity contribution in [1.82, 2.24) is 10.2 Å². The predicted octanol–water partition coefficient (Wildman–Crippen LogP) is 3.13. The van der Waals surface area contributed by atoms with Gasteiger partial charge in [-0.1, -0.05) is 40.5 Å². The van der Waals surface area contributed by atoms with E-state index < -0.39 is 0 Å². The molecule has 0 aromatic heterocycles. The van der Waals surface area contributed by atoms with Crippen molar-refractivity contribution in [2.45, 2.75) is 59.4 Å². The Hall–Kier alpha value is -0.0800. The Morgan fingerprint density at radius 3 is 2.53 bits per heavy atom. The highest BCUT2D eigenvalue weighted by Crippen LogP contribution is 2.23. The van der Waals surface area contributed by atoms with Crippen LogP contribution in [0.15, 0.2) is 0 Å². The average Bonchev–Trinajstić information content (AvgIpc) is 2.29. The average molecular weight is 240 g/mol. The van der Waals surface area contributed by atoms with Crippen LogP contribution >= 0.6 is 0 Å². The second-order valence-corrected chi connectivity index (χ2v) is 6.11. The predicted molar refractivity (Wildman–Crippen MR) is 76.4 cm³/mol. The topological polar surface area (TPSA) is 15.3 Å². The Labute approximate surface area is 108 Å². The van der Waals surface area contributed by atoms with Gasteiger partial charge in [0.25, 0.3) is 0 Å². The summed E-state index contributed by atoms with van der Waals surface area (Å²) in [4.78, 5) is 2.56. The Bertz CT molecular complexity index is 191. The minimum absolute atomic E-state index is 0.779. The van der Waals surface area contributed by atoms with E-state index >= 15 is 0 Å². The second kappa shape index (κ2) is 8.10. The van der Waals surface area contributed by atoms with Crippen molar-refractivity contribution >= 4 is 0 Å². The van der Waals surface area contributed by atoms with Gasteiger partial charge in [0.05, 0.1) is 0 Å². The zero-order valence-electron chi connectivity index (χ0n) is 12.3. The molecular weight excluding hydrogens is 208 g/mol.